The van der Waals surface area contributed by atoms with Crippen LogP contribution in [0.5, 0.6) is 0 Å². The van der Waals surface area contributed by atoms with Gasteiger partial charge in [0.05, 0.1) is 0 Å². The normalized spacial score (nSPS) is 14.5. The summed E-state index contributed by atoms with van der Waals surface area (Å²) in [7, 11) is -5.22. The molecule has 0 aliphatic carbocycles. The Bertz CT molecular complexity index is 178. The summed E-state index contributed by atoms with van der Waals surface area (Å²) < 4.78 is 60.0. The Balaban J connectivity index is 0. The van der Waals surface area contributed by atoms with Gasteiger partial charge in [0.15, 0.2) is 0 Å². The van der Waals surface area contributed by atoms with Crippen molar-refractivity contribution in [1.82, 2.24) is 0 Å². The molecular weight excluding hydrogens is 197 g/mol. The lowest BCUT2D eigenvalue weighted by molar-refractivity contribution is 0.0859. The molecule has 0 fully saturated rings. The molecule has 64 valence electrons. The Morgan fingerprint density at radius 1 is 1.20 bits per heavy atom. The highest BCUT2D eigenvalue weighted by Gasteiger charge is 2.31. The van der Waals surface area contributed by atoms with Gasteiger partial charge in [-0.2, -0.15) is 8.42 Å². The maximum atomic E-state index is 11.4. The zero-order valence-corrected chi connectivity index (χ0v) is 6.00. The standard InChI is InChI=1S/C2H3F3O3S.ClH/c3-1(4)2(5)9(6,7)8;/h1-2H,(H,6,7,8);1H. The second-order valence-electron chi connectivity index (χ2n) is 1.20. The molecule has 0 rings (SSSR count). The molecule has 10 heavy (non-hydrogen) atoms. The zero-order chi connectivity index (χ0) is 7.65. The molecule has 0 aromatic heterocycles. The number of halogens is 4. The van der Waals surface area contributed by atoms with Gasteiger partial charge in [0.2, 0.25) is 0 Å². The highest BCUT2D eigenvalue weighted by molar-refractivity contribution is 7.86. The molecule has 0 radical (unpaired) electrons. The summed E-state index contributed by atoms with van der Waals surface area (Å²) in [6.07, 6.45) is -3.69. The molecule has 8 heteroatoms. The lowest BCUT2D eigenvalue weighted by Gasteiger charge is -2.00. The SMILES string of the molecule is Cl.O=S(=O)(O)C(F)C(F)F. The van der Waals surface area contributed by atoms with E-state index in [4.69, 9.17) is 4.55 Å². The molecule has 0 heterocycles. The van der Waals surface area contributed by atoms with Gasteiger partial charge in [0.25, 0.3) is 11.9 Å². The fourth-order valence-electron chi connectivity index (χ4n) is 0.130. The third-order valence-electron chi connectivity index (χ3n) is 0.483. The molecule has 1 unspecified atom stereocenters. The highest BCUT2D eigenvalue weighted by Crippen LogP contribution is 2.10. The first-order valence-electron chi connectivity index (χ1n) is 1.74. The van der Waals surface area contributed by atoms with Crippen LogP contribution in [0.25, 0.3) is 0 Å². The third kappa shape index (κ3) is 3.91. The monoisotopic (exact) mass is 200 g/mol. The van der Waals surface area contributed by atoms with Crippen molar-refractivity contribution in [3.63, 3.8) is 0 Å². The molecule has 1 N–H and O–H groups in total. The van der Waals surface area contributed by atoms with Gasteiger partial charge in [-0.3, -0.25) is 4.55 Å². The molecule has 0 spiro atoms. The van der Waals surface area contributed by atoms with Crippen molar-refractivity contribution >= 4 is 22.5 Å². The Labute approximate surface area is 61.4 Å². The molecule has 0 saturated heterocycles. The Hall–Kier alpha value is -0.0100. The Kier molecular flexibility index (Phi) is 5.05. The molecule has 0 saturated carbocycles. The summed E-state index contributed by atoms with van der Waals surface area (Å²) in [4.78, 5) is 0. The third-order valence-corrected chi connectivity index (χ3v) is 1.26. The largest absolute Gasteiger partial charge is 0.303 e. The van der Waals surface area contributed by atoms with Crippen LogP contribution in [-0.4, -0.2) is 24.9 Å². The molecule has 0 aliphatic heterocycles. The summed E-state index contributed by atoms with van der Waals surface area (Å²) >= 11 is 0. The summed E-state index contributed by atoms with van der Waals surface area (Å²) in [6, 6.07) is 0. The van der Waals surface area contributed by atoms with E-state index in [0.29, 0.717) is 0 Å². The van der Waals surface area contributed by atoms with Crippen LogP contribution >= 0.6 is 12.4 Å². The van der Waals surface area contributed by atoms with E-state index >= 15 is 0 Å². The number of hydrogen-bond acceptors (Lipinski definition) is 2. The summed E-state index contributed by atoms with van der Waals surface area (Å²) in [5.41, 5.74) is -3.49. The number of rotatable bonds is 2. The second-order valence-corrected chi connectivity index (χ2v) is 2.68. The van der Waals surface area contributed by atoms with Crippen LogP contribution in [0.3, 0.4) is 0 Å². The topological polar surface area (TPSA) is 54.4 Å². The maximum absolute atomic E-state index is 11.4. The smallest absolute Gasteiger partial charge is 0.283 e. The average Bonchev–Trinajstić information content (AvgIpc) is 1.62. The number of alkyl halides is 3. The number of hydrogen-bond donors (Lipinski definition) is 1. The van der Waals surface area contributed by atoms with Gasteiger partial charge in [-0.15, -0.1) is 12.4 Å². The van der Waals surface area contributed by atoms with Crippen molar-refractivity contribution in [2.24, 2.45) is 0 Å². The van der Waals surface area contributed by atoms with Crippen LogP contribution in [0.1, 0.15) is 0 Å². The van der Waals surface area contributed by atoms with Crippen molar-refractivity contribution in [3.05, 3.63) is 0 Å². The first-order chi connectivity index (χ1) is 3.85. The van der Waals surface area contributed by atoms with E-state index in [1.807, 2.05) is 0 Å². The summed E-state index contributed by atoms with van der Waals surface area (Å²) in [5.74, 6) is 0. The van der Waals surface area contributed by atoms with Crippen LogP contribution in [0.15, 0.2) is 0 Å². The van der Waals surface area contributed by atoms with Gasteiger partial charge >= 0.3 is 10.1 Å². The first kappa shape index (κ1) is 12.6. The van der Waals surface area contributed by atoms with Crippen molar-refractivity contribution in [2.45, 2.75) is 11.9 Å². The molecule has 0 bridgehead atoms. The van der Waals surface area contributed by atoms with E-state index in [0.717, 1.165) is 0 Å². The van der Waals surface area contributed by atoms with E-state index in [1.165, 1.54) is 0 Å². The summed E-state index contributed by atoms with van der Waals surface area (Å²) in [5, 5.41) is 0. The van der Waals surface area contributed by atoms with Crippen LogP contribution in [0.4, 0.5) is 13.2 Å². The predicted molar refractivity (Wildman–Crippen MR) is 29.7 cm³/mol. The van der Waals surface area contributed by atoms with E-state index < -0.39 is 22.0 Å². The highest BCUT2D eigenvalue weighted by atomic mass is 35.5. The maximum Gasteiger partial charge on any atom is 0.303 e. The molecule has 0 amide bonds. The van der Waals surface area contributed by atoms with Gasteiger partial charge in [-0.1, -0.05) is 0 Å². The van der Waals surface area contributed by atoms with Crippen molar-refractivity contribution in [1.29, 1.82) is 0 Å². The molecule has 1 atom stereocenters. The Morgan fingerprint density at radius 3 is 1.50 bits per heavy atom. The van der Waals surface area contributed by atoms with Crippen molar-refractivity contribution < 1.29 is 26.1 Å². The molecule has 0 aromatic carbocycles. The minimum Gasteiger partial charge on any atom is -0.283 e. The molecule has 3 nitrogen and oxygen atoms in total. The lowest BCUT2D eigenvalue weighted by atomic mass is 10.8. The Morgan fingerprint density at radius 2 is 1.50 bits per heavy atom. The lowest BCUT2D eigenvalue weighted by Crippen LogP contribution is -2.22. The quantitative estimate of drug-likeness (QED) is 0.673. The molecule has 0 aliphatic rings. The van der Waals surface area contributed by atoms with Crippen molar-refractivity contribution in [2.75, 3.05) is 0 Å². The average molecular weight is 201 g/mol. The molecule has 0 aromatic rings. The van der Waals surface area contributed by atoms with E-state index in [1.54, 1.807) is 0 Å². The van der Waals surface area contributed by atoms with Crippen LogP contribution in [0.2, 0.25) is 0 Å². The van der Waals surface area contributed by atoms with E-state index in [2.05, 4.69) is 0 Å². The summed E-state index contributed by atoms with van der Waals surface area (Å²) in [6.45, 7) is 0. The van der Waals surface area contributed by atoms with E-state index in [-0.39, 0.29) is 12.4 Å². The van der Waals surface area contributed by atoms with Crippen LogP contribution < -0.4 is 0 Å². The van der Waals surface area contributed by atoms with Crippen molar-refractivity contribution in [3.8, 4) is 0 Å². The minimum absolute atomic E-state index is 0. The molecular formula is C2H4ClF3O3S. The van der Waals surface area contributed by atoms with Gasteiger partial charge in [0, 0.05) is 0 Å². The van der Waals surface area contributed by atoms with Gasteiger partial charge in [-0.25, -0.2) is 13.2 Å². The first-order valence-corrected chi connectivity index (χ1v) is 3.24. The van der Waals surface area contributed by atoms with E-state index in [9.17, 15) is 21.6 Å². The van der Waals surface area contributed by atoms with Crippen LogP contribution in [-0.2, 0) is 10.1 Å². The van der Waals surface area contributed by atoms with Gasteiger partial charge in [0.1, 0.15) is 0 Å². The minimum atomic E-state index is -5.22. The van der Waals surface area contributed by atoms with Crippen LogP contribution in [0, 0.1) is 0 Å². The van der Waals surface area contributed by atoms with Gasteiger partial charge in [-0.05, 0) is 0 Å². The second kappa shape index (κ2) is 3.99. The fourth-order valence-corrected chi connectivity index (χ4v) is 0.390. The zero-order valence-electron chi connectivity index (χ0n) is 4.37. The van der Waals surface area contributed by atoms with Gasteiger partial charge < -0.3 is 0 Å². The fraction of sp³-hybridized carbons (Fsp3) is 1.00. The predicted octanol–water partition coefficient (Wildman–Crippen LogP) is 0.857.